The Bertz CT molecular complexity index is 668. The van der Waals surface area contributed by atoms with Gasteiger partial charge in [-0.05, 0) is 37.5 Å². The van der Waals surface area contributed by atoms with Crippen molar-refractivity contribution in [2.75, 3.05) is 7.11 Å². The highest BCUT2D eigenvalue weighted by atomic mass is 31.1. The maximum absolute atomic E-state index is 14.3. The van der Waals surface area contributed by atoms with Crippen LogP contribution < -0.4 is 10.0 Å². The molecule has 0 saturated carbocycles. The number of halogens is 1. The molecule has 22 heavy (non-hydrogen) atoms. The third kappa shape index (κ3) is 3.33. The van der Waals surface area contributed by atoms with E-state index in [2.05, 4.69) is 26.0 Å². The van der Waals surface area contributed by atoms with Crippen LogP contribution in [0.2, 0.25) is 0 Å². The zero-order valence-electron chi connectivity index (χ0n) is 14.0. The zero-order valence-corrected chi connectivity index (χ0v) is 15.0. The van der Waals surface area contributed by atoms with Crippen molar-refractivity contribution in [2.45, 2.75) is 39.3 Å². The van der Waals surface area contributed by atoms with Crippen molar-refractivity contribution >= 4 is 13.9 Å². The Balaban J connectivity index is 2.47. The summed E-state index contributed by atoms with van der Waals surface area (Å²) in [6.45, 7) is 8.31. The summed E-state index contributed by atoms with van der Waals surface area (Å²) in [6, 6.07) is 11.7. The van der Waals surface area contributed by atoms with Gasteiger partial charge in [0.2, 0.25) is 0 Å². The van der Waals surface area contributed by atoms with Crippen molar-refractivity contribution < 1.29 is 9.13 Å². The van der Waals surface area contributed by atoms with Gasteiger partial charge in [0.1, 0.15) is 11.6 Å². The Morgan fingerprint density at radius 1 is 1.18 bits per heavy atom. The Kier molecular flexibility index (Phi) is 5.24. The van der Waals surface area contributed by atoms with E-state index in [0.717, 1.165) is 34.2 Å². The molecule has 2 rings (SSSR count). The molecule has 1 nitrogen and oxygen atoms in total. The van der Waals surface area contributed by atoms with E-state index >= 15 is 0 Å². The number of para-hydroxylation sites is 1. The molecular weight excluding hydrogens is 294 g/mol. The molecule has 118 valence electrons. The standard InChI is InChI=1S/C19H24FOP/c1-6-19(4,15-9-7-8-14(3)18(15)21-5)22-17-11-10-13(2)12-16(17)20/h7-12,22H,6H2,1-5H3. The van der Waals surface area contributed by atoms with Gasteiger partial charge in [0.05, 0.1) is 7.11 Å². The van der Waals surface area contributed by atoms with E-state index in [0.29, 0.717) is 8.58 Å². The summed E-state index contributed by atoms with van der Waals surface area (Å²) >= 11 is 0. The fraction of sp³-hybridized carbons (Fsp3) is 0.368. The number of methoxy groups -OCH3 is 1. The first-order chi connectivity index (χ1) is 10.4. The van der Waals surface area contributed by atoms with Crippen LogP contribution in [0.5, 0.6) is 5.75 Å². The summed E-state index contributed by atoms with van der Waals surface area (Å²) in [5.74, 6) is 0.816. The van der Waals surface area contributed by atoms with Crippen molar-refractivity contribution in [3.8, 4) is 5.75 Å². The van der Waals surface area contributed by atoms with E-state index in [4.69, 9.17) is 4.74 Å². The van der Waals surface area contributed by atoms with Crippen molar-refractivity contribution in [1.82, 2.24) is 0 Å². The van der Waals surface area contributed by atoms with Gasteiger partial charge in [-0.2, -0.15) is 0 Å². The summed E-state index contributed by atoms with van der Waals surface area (Å²) in [4.78, 5) is 0. The van der Waals surface area contributed by atoms with Crippen molar-refractivity contribution in [2.24, 2.45) is 0 Å². The number of hydrogen-bond acceptors (Lipinski definition) is 1. The topological polar surface area (TPSA) is 9.23 Å². The van der Waals surface area contributed by atoms with E-state index in [9.17, 15) is 4.39 Å². The molecule has 0 spiro atoms. The van der Waals surface area contributed by atoms with Gasteiger partial charge in [0.15, 0.2) is 0 Å². The number of hydrogen-bond donors (Lipinski definition) is 0. The monoisotopic (exact) mass is 318 g/mol. The first kappa shape index (κ1) is 17.0. The van der Waals surface area contributed by atoms with Gasteiger partial charge >= 0.3 is 0 Å². The van der Waals surface area contributed by atoms with Crippen molar-refractivity contribution in [3.05, 3.63) is 58.9 Å². The SMILES string of the molecule is CCC(C)(Pc1ccc(C)cc1F)c1cccc(C)c1OC. The normalized spacial score (nSPS) is 14.3. The molecule has 2 aromatic carbocycles. The third-order valence-electron chi connectivity index (χ3n) is 4.25. The minimum Gasteiger partial charge on any atom is -0.496 e. The summed E-state index contributed by atoms with van der Waals surface area (Å²) < 4.78 is 19.9. The lowest BCUT2D eigenvalue weighted by Crippen LogP contribution is -2.21. The van der Waals surface area contributed by atoms with Gasteiger partial charge in [0.25, 0.3) is 0 Å². The molecule has 2 aromatic rings. The molecule has 0 aliphatic carbocycles. The molecule has 0 aliphatic rings. The zero-order chi connectivity index (χ0) is 16.3. The van der Waals surface area contributed by atoms with E-state index in [1.165, 1.54) is 0 Å². The Labute approximate surface area is 134 Å². The minimum atomic E-state index is -0.131. The van der Waals surface area contributed by atoms with E-state index in [1.807, 2.05) is 32.0 Å². The van der Waals surface area contributed by atoms with Gasteiger partial charge in [-0.15, -0.1) is 0 Å². The molecule has 3 heteroatoms. The molecule has 0 saturated heterocycles. The first-order valence-electron chi connectivity index (χ1n) is 7.59. The molecule has 0 radical (unpaired) electrons. The highest BCUT2D eigenvalue weighted by Crippen LogP contribution is 2.48. The summed E-state index contributed by atoms with van der Waals surface area (Å²) in [7, 11) is 2.07. The second kappa shape index (κ2) is 6.79. The lowest BCUT2D eigenvalue weighted by Gasteiger charge is -2.31. The average Bonchev–Trinajstić information content (AvgIpc) is 2.49. The van der Waals surface area contributed by atoms with Gasteiger partial charge in [-0.1, -0.05) is 52.8 Å². The van der Waals surface area contributed by atoms with E-state index in [1.54, 1.807) is 13.2 Å². The Morgan fingerprint density at radius 3 is 2.50 bits per heavy atom. The Hall–Kier alpha value is -1.40. The van der Waals surface area contributed by atoms with Gasteiger partial charge in [-0.3, -0.25) is 0 Å². The van der Waals surface area contributed by atoms with Crippen molar-refractivity contribution in [1.29, 1.82) is 0 Å². The molecule has 2 unspecified atom stereocenters. The van der Waals surface area contributed by atoms with E-state index < -0.39 is 0 Å². The summed E-state index contributed by atoms with van der Waals surface area (Å²) in [5, 5.41) is 0.659. The molecule has 0 fully saturated rings. The number of benzene rings is 2. The lowest BCUT2D eigenvalue weighted by atomic mass is 9.94. The fourth-order valence-corrected chi connectivity index (χ4v) is 4.18. The fourth-order valence-electron chi connectivity index (χ4n) is 2.72. The quantitative estimate of drug-likeness (QED) is 0.699. The predicted molar refractivity (Wildman–Crippen MR) is 94.5 cm³/mol. The van der Waals surface area contributed by atoms with Crippen LogP contribution in [-0.4, -0.2) is 7.11 Å². The average molecular weight is 318 g/mol. The maximum atomic E-state index is 14.3. The number of rotatable bonds is 5. The molecule has 0 aromatic heterocycles. The number of ether oxygens (including phenoxy) is 1. The number of aryl methyl sites for hydroxylation is 2. The largest absolute Gasteiger partial charge is 0.496 e. The molecule has 0 N–H and O–H groups in total. The van der Waals surface area contributed by atoms with Crippen LogP contribution in [0.1, 0.15) is 37.0 Å². The second-order valence-corrected chi connectivity index (χ2v) is 7.84. The lowest BCUT2D eigenvalue weighted by molar-refractivity contribution is 0.400. The summed E-state index contributed by atoms with van der Waals surface area (Å²) in [5.41, 5.74) is 3.24. The van der Waals surface area contributed by atoms with Crippen molar-refractivity contribution in [3.63, 3.8) is 0 Å². The maximum Gasteiger partial charge on any atom is 0.130 e. The molecule has 2 atom stereocenters. The smallest absolute Gasteiger partial charge is 0.130 e. The molecule has 0 heterocycles. The van der Waals surface area contributed by atoms with Crippen LogP contribution in [-0.2, 0) is 5.16 Å². The first-order valence-corrected chi connectivity index (χ1v) is 8.59. The minimum absolute atomic E-state index is 0.107. The molecule has 0 bridgehead atoms. The van der Waals surface area contributed by atoms with Crippen LogP contribution in [0.4, 0.5) is 4.39 Å². The molecule has 0 aliphatic heterocycles. The highest BCUT2D eigenvalue weighted by molar-refractivity contribution is 7.48. The summed E-state index contributed by atoms with van der Waals surface area (Å²) in [6.07, 6.45) is 0.929. The molecular formula is C19H24FOP. The second-order valence-electron chi connectivity index (χ2n) is 5.95. The third-order valence-corrected chi connectivity index (χ3v) is 6.10. The van der Waals surface area contributed by atoms with Crippen LogP contribution in [0.25, 0.3) is 0 Å². The van der Waals surface area contributed by atoms with Gasteiger partial charge in [0, 0.05) is 16.0 Å². The van der Waals surface area contributed by atoms with Crippen LogP contribution >= 0.6 is 8.58 Å². The molecule has 0 amide bonds. The van der Waals surface area contributed by atoms with Crippen LogP contribution in [0.15, 0.2) is 36.4 Å². The Morgan fingerprint density at radius 2 is 1.91 bits per heavy atom. The van der Waals surface area contributed by atoms with Crippen LogP contribution in [0.3, 0.4) is 0 Å². The van der Waals surface area contributed by atoms with Gasteiger partial charge < -0.3 is 4.74 Å². The highest BCUT2D eigenvalue weighted by Gasteiger charge is 2.30. The van der Waals surface area contributed by atoms with E-state index in [-0.39, 0.29) is 11.0 Å². The van der Waals surface area contributed by atoms with Crippen LogP contribution in [0, 0.1) is 19.7 Å². The van der Waals surface area contributed by atoms with Gasteiger partial charge in [-0.25, -0.2) is 4.39 Å². The predicted octanol–water partition coefficient (Wildman–Crippen LogP) is 5.08.